The van der Waals surface area contributed by atoms with Crippen LogP contribution in [0.4, 0.5) is 29.3 Å². The summed E-state index contributed by atoms with van der Waals surface area (Å²) in [7, 11) is 0. The topological polar surface area (TPSA) is 98.8 Å². The Balaban J connectivity index is 1.69. The number of carbonyl (C=O) groups excluding carboxylic acids is 4. The number of benzene rings is 2. The highest BCUT2D eigenvalue weighted by atomic mass is 19.4. The highest BCUT2D eigenvalue weighted by Gasteiger charge is 2.53. The number of urea groups is 1. The van der Waals surface area contributed by atoms with Gasteiger partial charge in [0.05, 0.1) is 17.8 Å². The van der Waals surface area contributed by atoms with Crippen molar-refractivity contribution < 1.29 is 32.3 Å². The molecule has 0 spiro atoms. The Kier molecular flexibility index (Phi) is 5.58. The molecule has 1 saturated heterocycles. The quantitative estimate of drug-likeness (QED) is 0.668. The highest BCUT2D eigenvalue weighted by molar-refractivity contribution is 6.12. The van der Waals surface area contributed by atoms with Gasteiger partial charge in [-0.15, -0.1) is 0 Å². The molecule has 2 aromatic carbocycles. The van der Waals surface area contributed by atoms with E-state index in [1.807, 2.05) is 0 Å². The van der Waals surface area contributed by atoms with Crippen molar-refractivity contribution in [3.05, 3.63) is 59.7 Å². The fourth-order valence-corrected chi connectivity index (χ4v) is 4.36. The van der Waals surface area contributed by atoms with E-state index in [-0.39, 0.29) is 11.4 Å². The van der Waals surface area contributed by atoms with Crippen molar-refractivity contribution in [3.8, 4) is 0 Å². The SMILES string of the molecule is Cc1ccccc1C1(C)NC(=O)N(CC(=O)N2c3ccccc3NC(=O)CC2C(F)(F)F)C1=O. The van der Waals surface area contributed by atoms with Crippen molar-refractivity contribution in [1.29, 1.82) is 0 Å². The fourth-order valence-electron chi connectivity index (χ4n) is 4.36. The summed E-state index contributed by atoms with van der Waals surface area (Å²) >= 11 is 0. The van der Waals surface area contributed by atoms with E-state index in [4.69, 9.17) is 0 Å². The molecule has 11 heteroatoms. The molecule has 0 bridgehead atoms. The molecule has 5 amide bonds. The van der Waals surface area contributed by atoms with Gasteiger partial charge in [-0.25, -0.2) is 4.79 Å². The summed E-state index contributed by atoms with van der Waals surface area (Å²) in [6, 6.07) is 9.04. The van der Waals surface area contributed by atoms with Gasteiger partial charge in [0.25, 0.3) is 5.91 Å². The van der Waals surface area contributed by atoms with Gasteiger partial charge in [0.1, 0.15) is 18.1 Å². The lowest BCUT2D eigenvalue weighted by atomic mass is 9.88. The number of amides is 5. The van der Waals surface area contributed by atoms with Crippen LogP contribution in [0.5, 0.6) is 0 Å². The molecule has 2 unspecified atom stereocenters. The Morgan fingerprint density at radius 2 is 1.74 bits per heavy atom. The maximum Gasteiger partial charge on any atom is 0.409 e. The number of anilines is 2. The van der Waals surface area contributed by atoms with Crippen LogP contribution in [-0.4, -0.2) is 47.4 Å². The Bertz CT molecular complexity index is 1200. The maximum atomic E-state index is 13.9. The normalized spacial score (nSPS) is 22.7. The Morgan fingerprint density at radius 1 is 1.09 bits per heavy atom. The number of halogens is 3. The summed E-state index contributed by atoms with van der Waals surface area (Å²) in [6.45, 7) is 2.30. The van der Waals surface area contributed by atoms with Gasteiger partial charge in [0.15, 0.2) is 0 Å². The number of alkyl halides is 3. The molecule has 2 heterocycles. The average molecular weight is 474 g/mol. The first-order valence-corrected chi connectivity index (χ1v) is 10.4. The van der Waals surface area contributed by atoms with Gasteiger partial charge in [-0.1, -0.05) is 36.4 Å². The van der Waals surface area contributed by atoms with Gasteiger partial charge in [0.2, 0.25) is 11.8 Å². The van der Waals surface area contributed by atoms with Crippen LogP contribution in [0, 0.1) is 6.92 Å². The Hall–Kier alpha value is -3.89. The lowest BCUT2D eigenvalue weighted by Gasteiger charge is -2.32. The van der Waals surface area contributed by atoms with Crippen LogP contribution in [0.3, 0.4) is 0 Å². The molecule has 2 atom stereocenters. The van der Waals surface area contributed by atoms with E-state index in [1.165, 1.54) is 31.2 Å². The average Bonchev–Trinajstić information content (AvgIpc) is 2.89. The van der Waals surface area contributed by atoms with Gasteiger partial charge in [-0.2, -0.15) is 13.2 Å². The molecule has 178 valence electrons. The van der Waals surface area contributed by atoms with E-state index >= 15 is 0 Å². The summed E-state index contributed by atoms with van der Waals surface area (Å²) in [6.07, 6.45) is -5.96. The number of para-hydroxylation sites is 2. The third-order valence-electron chi connectivity index (χ3n) is 6.03. The smallest absolute Gasteiger partial charge is 0.324 e. The van der Waals surface area contributed by atoms with Crippen molar-refractivity contribution in [2.45, 2.75) is 38.0 Å². The van der Waals surface area contributed by atoms with Crippen molar-refractivity contribution in [2.75, 3.05) is 16.8 Å². The van der Waals surface area contributed by atoms with E-state index in [9.17, 15) is 32.3 Å². The standard InChI is InChI=1S/C23H21F3N4O4/c1-13-7-3-4-8-14(13)22(2)20(33)29(21(34)28-22)12-19(32)30-16-10-6-5-9-15(16)27-18(31)11-17(30)23(24,25)26/h3-10,17H,11-12H2,1-2H3,(H,27,31)(H,28,34). The van der Waals surface area contributed by atoms with Crippen molar-refractivity contribution in [3.63, 3.8) is 0 Å². The summed E-state index contributed by atoms with van der Waals surface area (Å²) in [5.74, 6) is -2.82. The highest BCUT2D eigenvalue weighted by Crippen LogP contribution is 2.38. The zero-order valence-electron chi connectivity index (χ0n) is 18.3. The van der Waals surface area contributed by atoms with Crippen molar-refractivity contribution in [2.24, 2.45) is 0 Å². The van der Waals surface area contributed by atoms with E-state index in [1.54, 1.807) is 31.2 Å². The third-order valence-corrected chi connectivity index (χ3v) is 6.03. The summed E-state index contributed by atoms with van der Waals surface area (Å²) in [5.41, 5.74) is -0.411. The minimum absolute atomic E-state index is 0.0227. The lowest BCUT2D eigenvalue weighted by Crippen LogP contribution is -2.53. The Morgan fingerprint density at radius 3 is 2.41 bits per heavy atom. The molecule has 1 fully saturated rings. The van der Waals surface area contributed by atoms with Crippen LogP contribution in [0.25, 0.3) is 0 Å². The molecule has 8 nitrogen and oxygen atoms in total. The monoisotopic (exact) mass is 474 g/mol. The van der Waals surface area contributed by atoms with Crippen LogP contribution in [0.2, 0.25) is 0 Å². The molecule has 2 aliphatic heterocycles. The van der Waals surface area contributed by atoms with Gasteiger partial charge in [-0.3, -0.25) is 24.2 Å². The molecule has 0 radical (unpaired) electrons. The summed E-state index contributed by atoms with van der Waals surface area (Å²) in [4.78, 5) is 52.3. The van der Waals surface area contributed by atoms with Crippen LogP contribution in [0.1, 0.15) is 24.5 Å². The number of nitrogens with one attached hydrogen (secondary N) is 2. The maximum absolute atomic E-state index is 13.9. The van der Waals surface area contributed by atoms with Crippen molar-refractivity contribution in [1.82, 2.24) is 10.2 Å². The molecule has 0 aliphatic carbocycles. The summed E-state index contributed by atoms with van der Waals surface area (Å²) in [5, 5.41) is 4.92. The Labute approximate surface area is 192 Å². The molecule has 2 aliphatic rings. The van der Waals surface area contributed by atoms with Gasteiger partial charge >= 0.3 is 12.2 Å². The molecule has 2 aromatic rings. The predicted molar refractivity (Wildman–Crippen MR) is 116 cm³/mol. The first-order valence-electron chi connectivity index (χ1n) is 10.4. The first kappa shape index (κ1) is 23.3. The van der Waals surface area contributed by atoms with Gasteiger partial charge < -0.3 is 10.6 Å². The largest absolute Gasteiger partial charge is 0.409 e. The van der Waals surface area contributed by atoms with Crippen LogP contribution < -0.4 is 15.5 Å². The van der Waals surface area contributed by atoms with E-state index < -0.39 is 54.5 Å². The van der Waals surface area contributed by atoms with Crippen molar-refractivity contribution >= 4 is 35.1 Å². The van der Waals surface area contributed by atoms with E-state index in [0.29, 0.717) is 15.4 Å². The van der Waals surface area contributed by atoms with E-state index in [0.717, 1.165) is 5.56 Å². The molecule has 0 aromatic heterocycles. The second kappa shape index (κ2) is 8.15. The lowest BCUT2D eigenvalue weighted by molar-refractivity contribution is -0.158. The number of rotatable bonds is 3. The molecular formula is C23H21F3N4O4. The third kappa shape index (κ3) is 3.87. The number of fused-ring (bicyclic) bond motifs is 1. The zero-order valence-corrected chi connectivity index (χ0v) is 18.3. The first-order chi connectivity index (χ1) is 15.9. The molecule has 0 saturated carbocycles. The van der Waals surface area contributed by atoms with Gasteiger partial charge in [0, 0.05) is 0 Å². The minimum Gasteiger partial charge on any atom is -0.324 e. The second-order valence-corrected chi connectivity index (χ2v) is 8.35. The van der Waals surface area contributed by atoms with Crippen LogP contribution in [-0.2, 0) is 19.9 Å². The van der Waals surface area contributed by atoms with Crippen LogP contribution in [0.15, 0.2) is 48.5 Å². The number of aryl methyl sites for hydroxylation is 1. The predicted octanol–water partition coefficient (Wildman–Crippen LogP) is 3.07. The van der Waals surface area contributed by atoms with E-state index in [2.05, 4.69) is 10.6 Å². The van der Waals surface area contributed by atoms with Gasteiger partial charge in [-0.05, 0) is 37.1 Å². The number of hydrogen-bond acceptors (Lipinski definition) is 4. The number of nitrogens with zero attached hydrogens (tertiary/aromatic N) is 2. The fraction of sp³-hybridized carbons (Fsp3) is 0.304. The molecule has 34 heavy (non-hydrogen) atoms. The number of carbonyl (C=O) groups is 4. The molecule has 4 rings (SSSR count). The summed E-state index contributed by atoms with van der Waals surface area (Å²) < 4.78 is 41.8. The number of hydrogen-bond donors (Lipinski definition) is 2. The molecule has 2 N–H and O–H groups in total. The minimum atomic E-state index is -4.93. The zero-order chi connectivity index (χ0) is 24.8. The number of imide groups is 1. The second-order valence-electron chi connectivity index (χ2n) is 8.35. The van der Waals surface area contributed by atoms with Crippen LogP contribution >= 0.6 is 0 Å². The molecular weight excluding hydrogens is 453 g/mol.